The van der Waals surface area contributed by atoms with Crippen LogP contribution in [0.4, 0.5) is 5.69 Å². The van der Waals surface area contributed by atoms with E-state index in [-0.39, 0.29) is 17.1 Å². The highest BCUT2D eigenvalue weighted by Gasteiger charge is 2.76. The Bertz CT molecular complexity index is 1230. The SMILES string of the molecule is CC(=O)N[C@@]1([C@H](C)O)[C@@H](N)[C@H](Nc2cccc(C(C)=O)c2)[C@](O)(COC(=O)c2c(C)cccc2O)[C@]1(C)O. The molecule has 1 aliphatic rings. The summed E-state index contributed by atoms with van der Waals surface area (Å²) in [4.78, 5) is 37.1. The Balaban J connectivity index is 2.11. The molecule has 11 heteroatoms. The Kier molecular flexibility index (Phi) is 7.90. The summed E-state index contributed by atoms with van der Waals surface area (Å²) in [6, 6.07) is 8.11. The molecule has 3 rings (SSSR count). The van der Waals surface area contributed by atoms with Gasteiger partial charge in [0.2, 0.25) is 5.91 Å². The van der Waals surface area contributed by atoms with Gasteiger partial charge in [0.1, 0.15) is 29.1 Å². The molecule has 11 nitrogen and oxygen atoms in total. The standard InChI is InChI=1S/C27H35N3O8/c1-14-8-6-11-20(34)21(14)24(35)38-13-26(37)23(29-19-10-7-9-18(12-19)15(2)31)22(28)27(16(3)32,25(26,5)36)30-17(4)33/h6-12,16,22-23,29,32,34,36-37H,13,28H2,1-5H3,(H,30,33)/t16-,22-,23-,25-,26+,27-/m0/s1. The number of nitrogens with one attached hydrogen (secondary N) is 2. The van der Waals surface area contributed by atoms with Crippen LogP contribution in [0.1, 0.15) is 54.0 Å². The summed E-state index contributed by atoms with van der Waals surface area (Å²) in [6.07, 6.45) is -1.48. The minimum absolute atomic E-state index is 0.125. The molecule has 6 atom stereocenters. The van der Waals surface area contributed by atoms with Gasteiger partial charge in [-0.15, -0.1) is 0 Å². The number of ketones is 1. The van der Waals surface area contributed by atoms with Crippen LogP contribution in [0, 0.1) is 6.92 Å². The summed E-state index contributed by atoms with van der Waals surface area (Å²) in [5.74, 6) is -2.14. The van der Waals surface area contributed by atoms with E-state index in [1.54, 1.807) is 37.3 Å². The predicted molar refractivity (Wildman–Crippen MR) is 139 cm³/mol. The van der Waals surface area contributed by atoms with Crippen molar-refractivity contribution in [2.45, 2.75) is 69.5 Å². The number of esters is 1. The lowest BCUT2D eigenvalue weighted by molar-refractivity contribution is -0.189. The highest BCUT2D eigenvalue weighted by atomic mass is 16.5. The predicted octanol–water partition coefficient (Wildman–Crippen LogP) is 0.619. The van der Waals surface area contributed by atoms with Gasteiger partial charge in [-0.25, -0.2) is 4.79 Å². The Morgan fingerprint density at radius 3 is 2.32 bits per heavy atom. The number of aryl methyl sites for hydroxylation is 1. The molecule has 0 bridgehead atoms. The van der Waals surface area contributed by atoms with Crippen molar-refractivity contribution in [2.24, 2.45) is 5.73 Å². The molecule has 2 aromatic rings. The van der Waals surface area contributed by atoms with E-state index in [1.807, 2.05) is 0 Å². The highest BCUT2D eigenvalue weighted by molar-refractivity contribution is 5.95. The molecule has 0 aliphatic heterocycles. The molecule has 206 valence electrons. The molecule has 0 saturated heterocycles. The molecule has 2 aromatic carbocycles. The molecule has 1 amide bonds. The zero-order valence-electron chi connectivity index (χ0n) is 22.0. The minimum atomic E-state index is -2.40. The van der Waals surface area contributed by atoms with Crippen LogP contribution in [-0.2, 0) is 9.53 Å². The van der Waals surface area contributed by atoms with Crippen LogP contribution in [-0.4, -0.2) is 79.6 Å². The molecule has 8 N–H and O–H groups in total. The first-order valence-corrected chi connectivity index (χ1v) is 12.1. The lowest BCUT2D eigenvalue weighted by Gasteiger charge is -2.48. The number of benzene rings is 2. The van der Waals surface area contributed by atoms with Crippen molar-refractivity contribution >= 4 is 23.3 Å². The first-order chi connectivity index (χ1) is 17.6. The van der Waals surface area contributed by atoms with Crippen LogP contribution in [0.5, 0.6) is 5.75 Å². The fourth-order valence-corrected chi connectivity index (χ4v) is 5.44. The first-order valence-electron chi connectivity index (χ1n) is 12.1. The average molecular weight is 530 g/mol. The number of Topliss-reactive ketones (excluding diaryl/α,β-unsaturated/α-hetero) is 1. The van der Waals surface area contributed by atoms with E-state index in [0.29, 0.717) is 16.8 Å². The normalized spacial score (nSPS) is 29.4. The number of carbonyl (C=O) groups is 3. The first kappa shape index (κ1) is 29.1. The fourth-order valence-electron chi connectivity index (χ4n) is 5.44. The number of ether oxygens (including phenoxy) is 1. The van der Waals surface area contributed by atoms with Gasteiger partial charge < -0.3 is 41.5 Å². The minimum Gasteiger partial charge on any atom is -0.507 e. The summed E-state index contributed by atoms with van der Waals surface area (Å²) in [5, 5.41) is 50.5. The third-order valence-corrected chi connectivity index (χ3v) is 7.56. The van der Waals surface area contributed by atoms with Crippen LogP contribution in [0.15, 0.2) is 42.5 Å². The van der Waals surface area contributed by atoms with E-state index < -0.39 is 53.4 Å². The van der Waals surface area contributed by atoms with Gasteiger partial charge in [-0.1, -0.05) is 24.3 Å². The Labute approximate surface area is 220 Å². The number of amides is 1. The van der Waals surface area contributed by atoms with Crippen molar-refractivity contribution in [3.8, 4) is 5.75 Å². The summed E-state index contributed by atoms with van der Waals surface area (Å²) in [7, 11) is 0. The van der Waals surface area contributed by atoms with Crippen molar-refractivity contribution in [2.75, 3.05) is 11.9 Å². The van der Waals surface area contributed by atoms with Gasteiger partial charge >= 0.3 is 5.97 Å². The number of phenols is 1. The zero-order valence-corrected chi connectivity index (χ0v) is 22.0. The van der Waals surface area contributed by atoms with E-state index in [0.717, 1.165) is 0 Å². The number of rotatable bonds is 8. The lowest BCUT2D eigenvalue weighted by atomic mass is 9.73. The Morgan fingerprint density at radius 1 is 1.13 bits per heavy atom. The van der Waals surface area contributed by atoms with Crippen molar-refractivity contribution in [1.29, 1.82) is 0 Å². The van der Waals surface area contributed by atoms with Gasteiger partial charge in [-0.2, -0.15) is 0 Å². The monoisotopic (exact) mass is 529 g/mol. The molecular formula is C27H35N3O8. The second-order valence-electron chi connectivity index (χ2n) is 10.1. The smallest absolute Gasteiger partial charge is 0.342 e. The maximum Gasteiger partial charge on any atom is 0.342 e. The molecule has 0 unspecified atom stereocenters. The Morgan fingerprint density at radius 2 is 1.76 bits per heavy atom. The van der Waals surface area contributed by atoms with Gasteiger partial charge in [0, 0.05) is 18.2 Å². The van der Waals surface area contributed by atoms with Gasteiger partial charge in [-0.3, -0.25) is 9.59 Å². The van der Waals surface area contributed by atoms with E-state index in [1.165, 1.54) is 39.8 Å². The maximum atomic E-state index is 13.0. The summed E-state index contributed by atoms with van der Waals surface area (Å²) < 4.78 is 5.42. The number of hydrogen-bond donors (Lipinski definition) is 7. The third-order valence-electron chi connectivity index (χ3n) is 7.56. The molecule has 0 aromatic heterocycles. The number of hydrogen-bond acceptors (Lipinski definition) is 10. The van der Waals surface area contributed by atoms with Gasteiger partial charge in [-0.05, 0) is 51.5 Å². The van der Waals surface area contributed by atoms with Crippen molar-refractivity contribution in [1.82, 2.24) is 5.32 Å². The molecule has 1 aliphatic carbocycles. The summed E-state index contributed by atoms with van der Waals surface area (Å²) in [6.45, 7) is 5.80. The number of aliphatic hydroxyl groups is 3. The van der Waals surface area contributed by atoms with Gasteiger partial charge in [0.15, 0.2) is 11.4 Å². The summed E-state index contributed by atoms with van der Waals surface area (Å²) >= 11 is 0. The van der Waals surface area contributed by atoms with Crippen LogP contribution in [0.25, 0.3) is 0 Å². The van der Waals surface area contributed by atoms with E-state index >= 15 is 0 Å². The van der Waals surface area contributed by atoms with E-state index in [4.69, 9.17) is 10.5 Å². The number of phenolic OH excluding ortho intramolecular Hbond substituents is 1. The maximum absolute atomic E-state index is 13.0. The van der Waals surface area contributed by atoms with Crippen molar-refractivity contribution in [3.63, 3.8) is 0 Å². The summed E-state index contributed by atoms with van der Waals surface area (Å²) in [5.41, 5.74) is 0.803. The number of aromatic hydroxyl groups is 1. The van der Waals surface area contributed by atoms with E-state index in [9.17, 15) is 34.8 Å². The molecular weight excluding hydrogens is 494 g/mol. The highest BCUT2D eigenvalue weighted by Crippen LogP contribution is 2.49. The third kappa shape index (κ3) is 4.62. The van der Waals surface area contributed by atoms with E-state index in [2.05, 4.69) is 10.6 Å². The average Bonchev–Trinajstić information content (AvgIpc) is 2.94. The van der Waals surface area contributed by atoms with Gasteiger partial charge in [0.25, 0.3) is 0 Å². The number of carbonyl (C=O) groups excluding carboxylic acids is 3. The largest absolute Gasteiger partial charge is 0.507 e. The van der Waals surface area contributed by atoms with Crippen molar-refractivity contribution < 1.29 is 39.5 Å². The van der Waals surface area contributed by atoms with Gasteiger partial charge in [0.05, 0.1) is 18.2 Å². The molecule has 0 heterocycles. The molecule has 38 heavy (non-hydrogen) atoms. The van der Waals surface area contributed by atoms with Crippen LogP contribution in [0.2, 0.25) is 0 Å². The molecule has 1 fully saturated rings. The second kappa shape index (κ2) is 10.3. The van der Waals surface area contributed by atoms with Crippen LogP contribution >= 0.6 is 0 Å². The quantitative estimate of drug-likeness (QED) is 0.188. The fraction of sp³-hybridized carbons (Fsp3) is 0.444. The molecule has 0 spiro atoms. The van der Waals surface area contributed by atoms with Crippen LogP contribution in [0.3, 0.4) is 0 Å². The number of nitrogens with two attached hydrogens (primary N) is 1. The lowest BCUT2D eigenvalue weighted by Crippen LogP contribution is -2.75. The molecule has 0 radical (unpaired) electrons. The van der Waals surface area contributed by atoms with Crippen molar-refractivity contribution in [3.05, 3.63) is 59.2 Å². The number of anilines is 1. The molecule has 1 saturated carbocycles. The second-order valence-corrected chi connectivity index (χ2v) is 10.1. The Hall–Kier alpha value is -3.51. The zero-order chi connectivity index (χ0) is 28.6. The topological polar surface area (TPSA) is 191 Å². The van der Waals surface area contributed by atoms with Crippen LogP contribution < -0.4 is 16.4 Å². The number of aliphatic hydroxyl groups excluding tert-OH is 1.